The first-order valence-electron chi connectivity index (χ1n) is 8.72. The van der Waals surface area contributed by atoms with Crippen LogP contribution in [0.3, 0.4) is 0 Å². The first-order chi connectivity index (χ1) is 12.5. The summed E-state index contributed by atoms with van der Waals surface area (Å²) in [5, 5.41) is 1.00. The van der Waals surface area contributed by atoms with Crippen molar-refractivity contribution in [3.8, 4) is 0 Å². The summed E-state index contributed by atoms with van der Waals surface area (Å²) in [6.07, 6.45) is 3.74. The molecular weight excluding hydrogens is 344 g/mol. The molecule has 0 N–H and O–H groups in total. The van der Waals surface area contributed by atoms with E-state index in [0.29, 0.717) is 12.5 Å². The van der Waals surface area contributed by atoms with Gasteiger partial charge in [0.05, 0.1) is 17.2 Å². The summed E-state index contributed by atoms with van der Waals surface area (Å²) in [5.41, 5.74) is 2.02. The fraction of sp³-hybridized carbons (Fsp3) is 0.350. The Labute approximate surface area is 158 Å². The standard InChI is InChI=1S/C20H24N4OS/c1-14(2)19-22-15(3)18(26-19)20(25)23(4)13-17-21-10-11-24(17)12-16-8-6-5-7-9-16/h5-11,14H,12-13H2,1-4H3. The molecule has 3 aromatic rings. The van der Waals surface area contributed by atoms with E-state index in [-0.39, 0.29) is 5.91 Å². The van der Waals surface area contributed by atoms with Gasteiger partial charge in [-0.1, -0.05) is 44.2 Å². The van der Waals surface area contributed by atoms with Crippen molar-refractivity contribution in [1.29, 1.82) is 0 Å². The summed E-state index contributed by atoms with van der Waals surface area (Å²) in [4.78, 5) is 24.3. The van der Waals surface area contributed by atoms with Gasteiger partial charge in [0.25, 0.3) is 5.91 Å². The summed E-state index contributed by atoms with van der Waals surface area (Å²) in [7, 11) is 1.82. The predicted octanol–water partition coefficient (Wildman–Crippen LogP) is 4.09. The maximum atomic E-state index is 12.9. The zero-order chi connectivity index (χ0) is 18.7. The van der Waals surface area contributed by atoms with Crippen LogP contribution in [0.1, 0.15) is 51.5 Å². The van der Waals surface area contributed by atoms with Gasteiger partial charge in [0.2, 0.25) is 0 Å². The first-order valence-corrected chi connectivity index (χ1v) is 9.54. The van der Waals surface area contributed by atoms with Gasteiger partial charge in [-0.2, -0.15) is 0 Å². The van der Waals surface area contributed by atoms with E-state index in [2.05, 4.69) is 40.5 Å². The monoisotopic (exact) mass is 368 g/mol. The smallest absolute Gasteiger partial charge is 0.266 e. The van der Waals surface area contributed by atoms with Gasteiger partial charge in [0, 0.05) is 31.9 Å². The van der Waals surface area contributed by atoms with Crippen LogP contribution in [-0.2, 0) is 13.1 Å². The molecule has 0 saturated heterocycles. The van der Waals surface area contributed by atoms with E-state index in [1.165, 1.54) is 16.9 Å². The van der Waals surface area contributed by atoms with E-state index in [0.717, 1.165) is 27.9 Å². The third-order valence-corrected chi connectivity index (χ3v) is 5.67. The number of imidazole rings is 1. The summed E-state index contributed by atoms with van der Waals surface area (Å²) in [5.74, 6) is 1.20. The van der Waals surface area contributed by atoms with Crippen molar-refractivity contribution in [2.45, 2.75) is 39.8 Å². The van der Waals surface area contributed by atoms with E-state index in [4.69, 9.17) is 0 Å². The van der Waals surface area contributed by atoms with Crippen LogP contribution >= 0.6 is 11.3 Å². The van der Waals surface area contributed by atoms with Crippen molar-refractivity contribution in [2.75, 3.05) is 7.05 Å². The van der Waals surface area contributed by atoms with Gasteiger partial charge >= 0.3 is 0 Å². The molecule has 1 amide bonds. The zero-order valence-corrected chi connectivity index (χ0v) is 16.5. The molecule has 3 rings (SSSR count). The van der Waals surface area contributed by atoms with E-state index in [1.54, 1.807) is 11.1 Å². The maximum absolute atomic E-state index is 12.9. The lowest BCUT2D eigenvalue weighted by Crippen LogP contribution is -2.27. The summed E-state index contributed by atoms with van der Waals surface area (Å²) >= 11 is 1.49. The van der Waals surface area contributed by atoms with Crippen molar-refractivity contribution < 1.29 is 4.79 Å². The number of aromatic nitrogens is 3. The maximum Gasteiger partial charge on any atom is 0.266 e. The molecule has 0 fully saturated rings. The van der Waals surface area contributed by atoms with Crippen LogP contribution in [-0.4, -0.2) is 32.4 Å². The minimum atomic E-state index is 0.00108. The lowest BCUT2D eigenvalue weighted by Gasteiger charge is -2.17. The van der Waals surface area contributed by atoms with E-state index >= 15 is 0 Å². The Hall–Kier alpha value is -2.47. The molecule has 6 heteroatoms. The molecular formula is C20H24N4OS. The number of aryl methyl sites for hydroxylation is 1. The molecule has 0 radical (unpaired) electrons. The molecule has 1 aromatic carbocycles. The molecule has 0 aliphatic carbocycles. The quantitative estimate of drug-likeness (QED) is 0.658. The van der Waals surface area contributed by atoms with Crippen LogP contribution in [0.15, 0.2) is 42.7 Å². The lowest BCUT2D eigenvalue weighted by atomic mass is 10.2. The average Bonchev–Trinajstić information content (AvgIpc) is 3.22. The Morgan fingerprint density at radius 3 is 2.65 bits per heavy atom. The third-order valence-electron chi connectivity index (χ3n) is 4.22. The fourth-order valence-electron chi connectivity index (χ4n) is 2.74. The molecule has 0 saturated carbocycles. The highest BCUT2D eigenvalue weighted by Crippen LogP contribution is 2.25. The Balaban J connectivity index is 1.73. The summed E-state index contributed by atoms with van der Waals surface area (Å²) in [6.45, 7) is 7.30. The van der Waals surface area contributed by atoms with Crippen molar-refractivity contribution in [1.82, 2.24) is 19.4 Å². The first kappa shape index (κ1) is 18.3. The Morgan fingerprint density at radius 2 is 2.00 bits per heavy atom. The van der Waals surface area contributed by atoms with E-state index < -0.39 is 0 Å². The Bertz CT molecular complexity index is 882. The van der Waals surface area contributed by atoms with Crippen LogP contribution < -0.4 is 0 Å². The second-order valence-corrected chi connectivity index (χ2v) is 7.77. The third kappa shape index (κ3) is 4.02. The van der Waals surface area contributed by atoms with Crippen molar-refractivity contribution in [3.05, 3.63) is 69.7 Å². The normalized spacial score (nSPS) is 11.1. The molecule has 0 unspecified atom stereocenters. The summed E-state index contributed by atoms with van der Waals surface area (Å²) < 4.78 is 2.08. The van der Waals surface area contributed by atoms with Gasteiger partial charge in [0.1, 0.15) is 10.7 Å². The number of thiazole rings is 1. The molecule has 0 aliphatic rings. The molecule has 26 heavy (non-hydrogen) atoms. The van der Waals surface area contributed by atoms with Crippen LogP contribution in [0.25, 0.3) is 0 Å². The molecule has 0 bridgehead atoms. The van der Waals surface area contributed by atoms with Crippen molar-refractivity contribution in [2.24, 2.45) is 0 Å². The zero-order valence-electron chi connectivity index (χ0n) is 15.6. The molecule has 0 aliphatic heterocycles. The summed E-state index contributed by atoms with van der Waals surface area (Å²) in [6, 6.07) is 10.2. The van der Waals surface area contributed by atoms with Crippen LogP contribution in [0.2, 0.25) is 0 Å². The average molecular weight is 369 g/mol. The molecule has 136 valence electrons. The highest BCUT2D eigenvalue weighted by atomic mass is 32.1. The fourth-order valence-corrected chi connectivity index (χ4v) is 3.80. The number of amides is 1. The second-order valence-electron chi connectivity index (χ2n) is 6.74. The number of rotatable bonds is 6. The number of carbonyl (C=O) groups is 1. The molecule has 2 aromatic heterocycles. The van der Waals surface area contributed by atoms with Gasteiger partial charge in [-0.3, -0.25) is 4.79 Å². The number of hydrogen-bond acceptors (Lipinski definition) is 4. The number of hydrogen-bond donors (Lipinski definition) is 0. The lowest BCUT2D eigenvalue weighted by molar-refractivity contribution is 0.0784. The van der Waals surface area contributed by atoms with Gasteiger partial charge in [0.15, 0.2) is 0 Å². The molecule has 2 heterocycles. The van der Waals surface area contributed by atoms with Crippen LogP contribution in [0, 0.1) is 6.92 Å². The molecule has 0 spiro atoms. The van der Waals surface area contributed by atoms with Crippen LogP contribution in [0.4, 0.5) is 0 Å². The Morgan fingerprint density at radius 1 is 1.27 bits per heavy atom. The largest absolute Gasteiger partial charge is 0.333 e. The number of carbonyl (C=O) groups excluding carboxylic acids is 1. The topological polar surface area (TPSA) is 51.0 Å². The number of nitrogens with zero attached hydrogens (tertiary/aromatic N) is 4. The highest BCUT2D eigenvalue weighted by Gasteiger charge is 2.21. The van der Waals surface area contributed by atoms with Crippen molar-refractivity contribution in [3.63, 3.8) is 0 Å². The minimum absolute atomic E-state index is 0.00108. The highest BCUT2D eigenvalue weighted by molar-refractivity contribution is 7.13. The van der Waals surface area contributed by atoms with Crippen LogP contribution in [0.5, 0.6) is 0 Å². The predicted molar refractivity (Wildman–Crippen MR) is 105 cm³/mol. The van der Waals surface area contributed by atoms with E-state index in [9.17, 15) is 4.79 Å². The SMILES string of the molecule is Cc1nc(C(C)C)sc1C(=O)N(C)Cc1nccn1Cc1ccccc1. The molecule has 5 nitrogen and oxygen atoms in total. The number of benzene rings is 1. The van der Waals surface area contributed by atoms with E-state index in [1.807, 2.05) is 38.4 Å². The Kier molecular flexibility index (Phi) is 5.52. The molecule has 0 atom stereocenters. The van der Waals surface area contributed by atoms with Gasteiger partial charge in [-0.25, -0.2) is 9.97 Å². The van der Waals surface area contributed by atoms with Crippen molar-refractivity contribution >= 4 is 17.2 Å². The second kappa shape index (κ2) is 7.83. The van der Waals surface area contributed by atoms with Gasteiger partial charge in [-0.15, -0.1) is 11.3 Å². The minimum Gasteiger partial charge on any atom is -0.333 e. The van der Waals surface area contributed by atoms with Gasteiger partial charge < -0.3 is 9.47 Å². The van der Waals surface area contributed by atoms with Gasteiger partial charge in [-0.05, 0) is 12.5 Å².